The summed E-state index contributed by atoms with van der Waals surface area (Å²) < 4.78 is 11.2. The summed E-state index contributed by atoms with van der Waals surface area (Å²) >= 11 is 0. The van der Waals surface area contributed by atoms with Crippen molar-refractivity contribution in [2.75, 3.05) is 0 Å². The Morgan fingerprint density at radius 3 is 2.70 bits per heavy atom. The molecule has 1 aromatic heterocycles. The zero-order chi connectivity index (χ0) is 15.6. The largest absolute Gasteiger partial charge is 0.491 e. The van der Waals surface area contributed by atoms with Crippen LogP contribution in [0.3, 0.4) is 0 Å². The third-order valence-corrected chi connectivity index (χ3v) is 4.23. The Kier molecular flexibility index (Phi) is 3.50. The molecule has 1 aliphatic rings. The Labute approximate surface area is 134 Å². The molecule has 1 N–H and O–H groups in total. The first kappa shape index (κ1) is 13.9. The van der Waals surface area contributed by atoms with E-state index in [0.29, 0.717) is 5.76 Å². The van der Waals surface area contributed by atoms with E-state index in [0.717, 1.165) is 30.6 Å². The van der Waals surface area contributed by atoms with Crippen LogP contribution in [0.25, 0.3) is 11.3 Å². The lowest BCUT2D eigenvalue weighted by atomic mass is 9.89. The van der Waals surface area contributed by atoms with Gasteiger partial charge in [-0.15, -0.1) is 0 Å². The molecule has 0 fully saturated rings. The number of hydrogen-bond donors (Lipinski definition) is 1. The monoisotopic (exact) mass is 307 g/mol. The molecule has 23 heavy (non-hydrogen) atoms. The van der Waals surface area contributed by atoms with Crippen LogP contribution in [0.1, 0.15) is 30.1 Å². The predicted molar refractivity (Wildman–Crippen MR) is 86.4 cm³/mol. The van der Waals surface area contributed by atoms with Gasteiger partial charge >= 0.3 is 0 Å². The lowest BCUT2D eigenvalue weighted by Gasteiger charge is -2.26. The maximum Gasteiger partial charge on any atom is 0.252 e. The SMILES string of the molecule is Oc1cc(-c2ccc(OC3CCCc4ccccc43)cc2)on1. The summed E-state index contributed by atoms with van der Waals surface area (Å²) in [6.07, 6.45) is 3.43. The molecule has 0 saturated carbocycles. The smallest absolute Gasteiger partial charge is 0.252 e. The van der Waals surface area contributed by atoms with Gasteiger partial charge in [-0.3, -0.25) is 0 Å². The molecule has 1 atom stereocenters. The Bertz CT molecular complexity index is 807. The van der Waals surface area contributed by atoms with Gasteiger partial charge in [0.05, 0.1) is 0 Å². The van der Waals surface area contributed by atoms with E-state index in [1.807, 2.05) is 24.3 Å². The Hall–Kier alpha value is -2.75. The van der Waals surface area contributed by atoms with E-state index >= 15 is 0 Å². The van der Waals surface area contributed by atoms with Crippen molar-refractivity contribution in [1.82, 2.24) is 5.16 Å². The van der Waals surface area contributed by atoms with Crippen LogP contribution in [0.5, 0.6) is 11.6 Å². The molecule has 116 valence electrons. The fourth-order valence-corrected chi connectivity index (χ4v) is 3.10. The van der Waals surface area contributed by atoms with Gasteiger partial charge in [-0.25, -0.2) is 0 Å². The maximum absolute atomic E-state index is 9.25. The van der Waals surface area contributed by atoms with Crippen LogP contribution in [0, 0.1) is 0 Å². The van der Waals surface area contributed by atoms with Gasteiger partial charge in [0.2, 0.25) is 0 Å². The van der Waals surface area contributed by atoms with E-state index in [1.54, 1.807) is 0 Å². The summed E-state index contributed by atoms with van der Waals surface area (Å²) in [6, 6.07) is 17.7. The standard InChI is InChI=1S/C19H17NO3/c21-19-12-18(23-20-19)14-8-10-15(11-9-14)22-17-7-3-5-13-4-1-2-6-16(13)17/h1-2,4,6,8-12,17H,3,5,7H2,(H,20,21). The molecule has 0 radical (unpaired) electrons. The van der Waals surface area contributed by atoms with E-state index < -0.39 is 0 Å². The highest BCUT2D eigenvalue weighted by Gasteiger charge is 2.21. The Morgan fingerprint density at radius 2 is 1.91 bits per heavy atom. The molecule has 0 saturated heterocycles. The number of fused-ring (bicyclic) bond motifs is 1. The highest BCUT2D eigenvalue weighted by atomic mass is 16.5. The Morgan fingerprint density at radius 1 is 1.09 bits per heavy atom. The average Bonchev–Trinajstić information content (AvgIpc) is 3.02. The van der Waals surface area contributed by atoms with Crippen molar-refractivity contribution in [1.29, 1.82) is 0 Å². The van der Waals surface area contributed by atoms with E-state index in [-0.39, 0.29) is 12.0 Å². The van der Waals surface area contributed by atoms with Crippen LogP contribution in [-0.2, 0) is 6.42 Å². The van der Waals surface area contributed by atoms with Gasteiger partial charge < -0.3 is 14.4 Å². The van der Waals surface area contributed by atoms with Crippen molar-refractivity contribution in [2.24, 2.45) is 0 Å². The number of ether oxygens (including phenoxy) is 1. The van der Waals surface area contributed by atoms with Crippen molar-refractivity contribution in [3.63, 3.8) is 0 Å². The third-order valence-electron chi connectivity index (χ3n) is 4.23. The minimum Gasteiger partial charge on any atom is -0.491 e. The van der Waals surface area contributed by atoms with Crippen LogP contribution < -0.4 is 4.74 Å². The minimum atomic E-state index is -0.112. The first-order chi connectivity index (χ1) is 11.3. The second-order valence-corrected chi connectivity index (χ2v) is 5.77. The molecule has 0 spiro atoms. The minimum absolute atomic E-state index is 0.111. The molecular formula is C19H17NO3. The Balaban J connectivity index is 1.54. The molecule has 4 heteroatoms. The highest BCUT2D eigenvalue weighted by molar-refractivity contribution is 5.59. The average molecular weight is 307 g/mol. The summed E-state index contributed by atoms with van der Waals surface area (Å²) in [5.74, 6) is 1.26. The van der Waals surface area contributed by atoms with Crippen LogP contribution in [0.4, 0.5) is 0 Å². The van der Waals surface area contributed by atoms with E-state index in [1.165, 1.54) is 17.2 Å². The number of nitrogens with zero attached hydrogens (tertiary/aromatic N) is 1. The summed E-state index contributed by atoms with van der Waals surface area (Å²) in [7, 11) is 0. The van der Waals surface area contributed by atoms with Crippen molar-refractivity contribution in [3.8, 4) is 23.0 Å². The number of aromatic nitrogens is 1. The first-order valence-corrected chi connectivity index (χ1v) is 7.80. The number of aryl methyl sites for hydroxylation is 1. The quantitative estimate of drug-likeness (QED) is 0.774. The molecule has 3 aromatic rings. The molecule has 0 bridgehead atoms. The van der Waals surface area contributed by atoms with Crippen molar-refractivity contribution >= 4 is 0 Å². The second kappa shape index (κ2) is 5.80. The lowest BCUT2D eigenvalue weighted by Crippen LogP contribution is -2.15. The maximum atomic E-state index is 9.25. The van der Waals surface area contributed by atoms with Crippen LogP contribution >= 0.6 is 0 Å². The van der Waals surface area contributed by atoms with Gasteiger partial charge in [-0.2, -0.15) is 0 Å². The summed E-state index contributed by atoms with van der Waals surface area (Å²) in [5.41, 5.74) is 3.54. The lowest BCUT2D eigenvalue weighted by molar-refractivity contribution is 0.183. The van der Waals surface area contributed by atoms with Gasteiger partial charge in [-0.1, -0.05) is 24.3 Å². The van der Waals surface area contributed by atoms with E-state index in [9.17, 15) is 5.11 Å². The third kappa shape index (κ3) is 2.80. The summed E-state index contributed by atoms with van der Waals surface area (Å²) in [6.45, 7) is 0. The molecule has 2 aromatic carbocycles. The van der Waals surface area contributed by atoms with Crippen molar-refractivity contribution < 1.29 is 14.4 Å². The molecule has 1 aliphatic carbocycles. The van der Waals surface area contributed by atoms with Gasteiger partial charge in [0, 0.05) is 11.6 Å². The van der Waals surface area contributed by atoms with Crippen LogP contribution in [0.15, 0.2) is 59.1 Å². The topological polar surface area (TPSA) is 55.5 Å². The molecular weight excluding hydrogens is 290 g/mol. The highest BCUT2D eigenvalue weighted by Crippen LogP contribution is 2.34. The van der Waals surface area contributed by atoms with E-state index in [2.05, 4.69) is 29.4 Å². The molecule has 1 unspecified atom stereocenters. The fourth-order valence-electron chi connectivity index (χ4n) is 3.10. The fraction of sp³-hybridized carbons (Fsp3) is 0.211. The predicted octanol–water partition coefficient (Wildman–Crippen LogP) is 4.50. The van der Waals surface area contributed by atoms with Crippen LogP contribution in [0.2, 0.25) is 0 Å². The molecule has 0 amide bonds. The zero-order valence-corrected chi connectivity index (χ0v) is 12.6. The molecule has 0 aliphatic heterocycles. The van der Waals surface area contributed by atoms with Gasteiger partial charge in [0.15, 0.2) is 5.76 Å². The number of rotatable bonds is 3. The van der Waals surface area contributed by atoms with Crippen molar-refractivity contribution in [2.45, 2.75) is 25.4 Å². The number of hydrogen-bond acceptors (Lipinski definition) is 4. The number of aromatic hydroxyl groups is 1. The van der Waals surface area contributed by atoms with Crippen LogP contribution in [-0.4, -0.2) is 10.3 Å². The summed E-state index contributed by atoms with van der Waals surface area (Å²) in [5, 5.41) is 12.7. The van der Waals surface area contributed by atoms with Crippen molar-refractivity contribution in [3.05, 3.63) is 65.7 Å². The zero-order valence-electron chi connectivity index (χ0n) is 12.6. The van der Waals surface area contributed by atoms with E-state index in [4.69, 9.17) is 9.26 Å². The number of benzene rings is 2. The molecule has 4 rings (SSSR count). The van der Waals surface area contributed by atoms with Gasteiger partial charge in [-0.05, 0) is 59.8 Å². The van der Waals surface area contributed by atoms with Gasteiger partial charge in [0.25, 0.3) is 5.88 Å². The van der Waals surface area contributed by atoms with Gasteiger partial charge in [0.1, 0.15) is 11.9 Å². The first-order valence-electron chi connectivity index (χ1n) is 7.80. The second-order valence-electron chi connectivity index (χ2n) is 5.77. The normalized spacial score (nSPS) is 16.8. The molecule has 4 nitrogen and oxygen atoms in total. The molecule has 1 heterocycles. The summed E-state index contributed by atoms with van der Waals surface area (Å²) in [4.78, 5) is 0.